The average molecular weight is 284 g/mol. The smallest absolute Gasteiger partial charge is 0.138 e. The van der Waals surface area contributed by atoms with Crippen molar-refractivity contribution in [2.24, 2.45) is 0 Å². The predicted molar refractivity (Wildman–Crippen MR) is 84.1 cm³/mol. The zero-order chi connectivity index (χ0) is 14.7. The van der Waals surface area contributed by atoms with E-state index in [4.69, 9.17) is 0 Å². The van der Waals surface area contributed by atoms with Gasteiger partial charge in [-0.05, 0) is 25.3 Å². The molecule has 0 saturated heterocycles. The van der Waals surface area contributed by atoms with E-state index in [1.807, 2.05) is 12.3 Å². The number of hydrogen-bond acceptors (Lipinski definition) is 2. The third-order valence-corrected chi connectivity index (χ3v) is 4.95. The fourth-order valence-corrected chi connectivity index (χ4v) is 3.76. The molecular formula is C18H24N2O. The van der Waals surface area contributed by atoms with Crippen LogP contribution < -0.4 is 0 Å². The maximum Gasteiger partial charge on any atom is 0.138 e. The van der Waals surface area contributed by atoms with Gasteiger partial charge in [0.1, 0.15) is 11.9 Å². The van der Waals surface area contributed by atoms with Crippen molar-refractivity contribution in [1.29, 1.82) is 0 Å². The maximum atomic E-state index is 11.2. The molecule has 1 heterocycles. The van der Waals surface area contributed by atoms with Crippen LogP contribution in [0.25, 0.3) is 0 Å². The normalized spacial score (nSPS) is 19.3. The Kier molecular flexibility index (Phi) is 4.11. The fraction of sp³-hybridized carbons (Fsp3) is 0.500. The van der Waals surface area contributed by atoms with E-state index in [0.29, 0.717) is 0 Å². The van der Waals surface area contributed by atoms with E-state index in [9.17, 15) is 5.11 Å². The molecule has 1 aliphatic rings. The summed E-state index contributed by atoms with van der Waals surface area (Å²) in [5, 5.41) is 11.2. The number of aliphatic hydroxyl groups is 1. The van der Waals surface area contributed by atoms with E-state index in [-0.39, 0.29) is 5.41 Å². The molecule has 3 rings (SSSR count). The molecule has 1 unspecified atom stereocenters. The number of aromatic nitrogens is 2. The van der Waals surface area contributed by atoms with Crippen LogP contribution >= 0.6 is 0 Å². The first-order chi connectivity index (χ1) is 10.3. The van der Waals surface area contributed by atoms with Crippen LogP contribution in [-0.2, 0) is 12.0 Å². The molecule has 1 aromatic carbocycles. The molecule has 1 N–H and O–H groups in total. The first-order valence-electron chi connectivity index (χ1n) is 8.02. The third-order valence-electron chi connectivity index (χ3n) is 4.95. The topological polar surface area (TPSA) is 38.0 Å². The number of rotatable bonds is 4. The lowest BCUT2D eigenvalue weighted by Crippen LogP contribution is -2.37. The SMILES string of the molecule is CCn1ccnc1C(O)C1(c2ccccc2)CCCCC1. The van der Waals surface area contributed by atoms with E-state index < -0.39 is 6.10 Å². The summed E-state index contributed by atoms with van der Waals surface area (Å²) in [7, 11) is 0. The highest BCUT2D eigenvalue weighted by molar-refractivity contribution is 5.29. The number of benzene rings is 1. The van der Waals surface area contributed by atoms with E-state index in [1.165, 1.54) is 24.8 Å². The van der Waals surface area contributed by atoms with Crippen molar-refractivity contribution >= 4 is 0 Å². The molecule has 1 fully saturated rings. The summed E-state index contributed by atoms with van der Waals surface area (Å²) in [6.07, 6.45) is 8.92. The largest absolute Gasteiger partial charge is 0.384 e. The summed E-state index contributed by atoms with van der Waals surface area (Å²) in [5.74, 6) is 0.809. The van der Waals surface area contributed by atoms with Gasteiger partial charge in [0.15, 0.2) is 0 Å². The Morgan fingerprint density at radius 3 is 2.57 bits per heavy atom. The van der Waals surface area contributed by atoms with Crippen LogP contribution in [-0.4, -0.2) is 14.7 Å². The highest BCUT2D eigenvalue weighted by Crippen LogP contribution is 2.47. The Labute approximate surface area is 126 Å². The van der Waals surface area contributed by atoms with Crippen LogP contribution in [0, 0.1) is 0 Å². The minimum absolute atomic E-state index is 0.183. The monoisotopic (exact) mass is 284 g/mol. The second kappa shape index (κ2) is 6.02. The lowest BCUT2D eigenvalue weighted by Gasteiger charge is -2.41. The molecule has 3 heteroatoms. The van der Waals surface area contributed by atoms with Crippen molar-refractivity contribution in [2.75, 3.05) is 0 Å². The molecular weight excluding hydrogens is 260 g/mol. The zero-order valence-electron chi connectivity index (χ0n) is 12.7. The van der Waals surface area contributed by atoms with Gasteiger partial charge in [-0.2, -0.15) is 0 Å². The summed E-state index contributed by atoms with van der Waals surface area (Å²) in [6, 6.07) is 10.5. The molecule has 0 amide bonds. The van der Waals surface area contributed by atoms with Crippen LogP contribution in [0.5, 0.6) is 0 Å². The van der Waals surface area contributed by atoms with Crippen molar-refractivity contribution in [3.8, 4) is 0 Å². The van der Waals surface area contributed by atoms with Gasteiger partial charge in [-0.15, -0.1) is 0 Å². The van der Waals surface area contributed by atoms with Gasteiger partial charge in [0.25, 0.3) is 0 Å². The van der Waals surface area contributed by atoms with Gasteiger partial charge in [-0.25, -0.2) is 4.98 Å². The van der Waals surface area contributed by atoms with Crippen LogP contribution in [0.1, 0.15) is 56.5 Å². The molecule has 0 bridgehead atoms. The highest BCUT2D eigenvalue weighted by Gasteiger charge is 2.42. The molecule has 0 aliphatic heterocycles. The lowest BCUT2D eigenvalue weighted by molar-refractivity contribution is 0.0432. The number of hydrogen-bond donors (Lipinski definition) is 1. The summed E-state index contributed by atoms with van der Waals surface area (Å²) in [5.41, 5.74) is 1.07. The quantitative estimate of drug-likeness (QED) is 0.926. The number of imidazole rings is 1. The zero-order valence-corrected chi connectivity index (χ0v) is 12.7. The summed E-state index contributed by atoms with van der Waals surface area (Å²) < 4.78 is 2.06. The number of nitrogens with zero attached hydrogens (tertiary/aromatic N) is 2. The molecule has 1 aromatic heterocycles. The number of aryl methyl sites for hydroxylation is 1. The fourth-order valence-electron chi connectivity index (χ4n) is 3.76. The maximum absolute atomic E-state index is 11.2. The van der Waals surface area contributed by atoms with Crippen LogP contribution in [0.3, 0.4) is 0 Å². The Morgan fingerprint density at radius 2 is 1.90 bits per heavy atom. The molecule has 3 nitrogen and oxygen atoms in total. The Hall–Kier alpha value is -1.61. The first-order valence-corrected chi connectivity index (χ1v) is 8.02. The lowest BCUT2D eigenvalue weighted by atomic mass is 9.65. The van der Waals surface area contributed by atoms with E-state index >= 15 is 0 Å². The van der Waals surface area contributed by atoms with Gasteiger partial charge >= 0.3 is 0 Å². The second-order valence-electron chi connectivity index (χ2n) is 6.06. The molecule has 0 radical (unpaired) electrons. The molecule has 0 spiro atoms. The van der Waals surface area contributed by atoms with Gasteiger partial charge in [0.05, 0.1) is 0 Å². The minimum atomic E-state index is -0.532. The van der Waals surface area contributed by atoms with E-state index in [0.717, 1.165) is 25.2 Å². The third kappa shape index (κ3) is 2.51. The van der Waals surface area contributed by atoms with Crippen LogP contribution in [0.4, 0.5) is 0 Å². The molecule has 1 aliphatic carbocycles. The highest BCUT2D eigenvalue weighted by atomic mass is 16.3. The Morgan fingerprint density at radius 1 is 1.19 bits per heavy atom. The summed E-state index contributed by atoms with van der Waals surface area (Å²) in [6.45, 7) is 2.94. The van der Waals surface area contributed by atoms with E-state index in [2.05, 4.69) is 40.7 Å². The van der Waals surface area contributed by atoms with Crippen molar-refractivity contribution in [1.82, 2.24) is 9.55 Å². The average Bonchev–Trinajstić information content (AvgIpc) is 3.04. The second-order valence-corrected chi connectivity index (χ2v) is 6.06. The van der Waals surface area contributed by atoms with Gasteiger partial charge < -0.3 is 9.67 Å². The summed E-state index contributed by atoms with van der Waals surface area (Å²) >= 11 is 0. The van der Waals surface area contributed by atoms with Gasteiger partial charge in [0, 0.05) is 24.4 Å². The minimum Gasteiger partial charge on any atom is -0.384 e. The van der Waals surface area contributed by atoms with Crippen molar-refractivity contribution in [3.63, 3.8) is 0 Å². The van der Waals surface area contributed by atoms with Crippen molar-refractivity contribution in [3.05, 3.63) is 54.1 Å². The van der Waals surface area contributed by atoms with E-state index in [1.54, 1.807) is 6.20 Å². The van der Waals surface area contributed by atoms with Crippen molar-refractivity contribution < 1.29 is 5.11 Å². The van der Waals surface area contributed by atoms with Gasteiger partial charge in [-0.1, -0.05) is 49.6 Å². The Bertz CT molecular complexity index is 570. The van der Waals surface area contributed by atoms with Gasteiger partial charge in [0.2, 0.25) is 0 Å². The van der Waals surface area contributed by atoms with Gasteiger partial charge in [-0.3, -0.25) is 0 Å². The molecule has 1 atom stereocenters. The molecule has 112 valence electrons. The predicted octanol–water partition coefficient (Wildman–Crippen LogP) is 3.84. The Balaban J connectivity index is 2.03. The van der Waals surface area contributed by atoms with Crippen molar-refractivity contribution in [2.45, 2.75) is 57.1 Å². The number of aliphatic hydroxyl groups excluding tert-OH is 1. The molecule has 2 aromatic rings. The molecule has 21 heavy (non-hydrogen) atoms. The first kappa shape index (κ1) is 14.3. The summed E-state index contributed by atoms with van der Waals surface area (Å²) in [4.78, 5) is 4.45. The molecule has 1 saturated carbocycles. The van der Waals surface area contributed by atoms with Crippen LogP contribution in [0.15, 0.2) is 42.7 Å². The standard InChI is InChI=1S/C18H24N2O/c1-2-20-14-13-19-17(20)16(21)18(11-7-4-8-12-18)15-9-5-3-6-10-15/h3,5-6,9-10,13-14,16,21H,2,4,7-8,11-12H2,1H3. The van der Waals surface area contributed by atoms with Crippen LogP contribution in [0.2, 0.25) is 0 Å².